The van der Waals surface area contributed by atoms with E-state index in [0.717, 1.165) is 12.8 Å². The summed E-state index contributed by atoms with van der Waals surface area (Å²) >= 11 is 0. The highest BCUT2D eigenvalue weighted by Crippen LogP contribution is 2.12. The molecule has 104 valence electrons. The van der Waals surface area contributed by atoms with Gasteiger partial charge in [0.25, 0.3) is 0 Å². The molecule has 0 amide bonds. The second kappa shape index (κ2) is 14.0. The van der Waals surface area contributed by atoms with Crippen molar-refractivity contribution in [3.63, 3.8) is 0 Å². The van der Waals surface area contributed by atoms with Gasteiger partial charge in [0.1, 0.15) is 0 Å². The van der Waals surface area contributed by atoms with E-state index in [9.17, 15) is 0 Å². The van der Waals surface area contributed by atoms with Gasteiger partial charge in [0.05, 0.1) is 12.7 Å². The highest BCUT2D eigenvalue weighted by atomic mass is 16.3. The van der Waals surface area contributed by atoms with Gasteiger partial charge >= 0.3 is 0 Å². The number of hydrogen-bond acceptors (Lipinski definition) is 2. The van der Waals surface area contributed by atoms with E-state index >= 15 is 0 Å². The molecule has 1 atom stereocenters. The lowest BCUT2D eigenvalue weighted by molar-refractivity contribution is 0.0860. The van der Waals surface area contributed by atoms with Crippen LogP contribution in [-0.4, -0.2) is 22.9 Å². The van der Waals surface area contributed by atoms with Gasteiger partial charge in [-0.25, -0.2) is 0 Å². The van der Waals surface area contributed by atoms with Crippen LogP contribution in [0.1, 0.15) is 84.0 Å². The van der Waals surface area contributed by atoms with E-state index < -0.39 is 6.10 Å². The molecule has 17 heavy (non-hydrogen) atoms. The van der Waals surface area contributed by atoms with Crippen molar-refractivity contribution >= 4 is 0 Å². The Bertz CT molecular complexity index is 137. The summed E-state index contributed by atoms with van der Waals surface area (Å²) in [6, 6.07) is 0. The smallest absolute Gasteiger partial charge is 0.0770 e. The molecule has 0 bridgehead atoms. The summed E-state index contributed by atoms with van der Waals surface area (Å²) in [5.74, 6) is 0. The van der Waals surface area contributed by atoms with Crippen LogP contribution in [0.15, 0.2) is 0 Å². The van der Waals surface area contributed by atoms with Gasteiger partial charge in [0, 0.05) is 0 Å². The third-order valence-electron chi connectivity index (χ3n) is 3.35. The number of aliphatic hydroxyl groups excluding tert-OH is 2. The molecule has 0 heterocycles. The summed E-state index contributed by atoms with van der Waals surface area (Å²) in [6.07, 6.45) is 14.9. The maximum absolute atomic E-state index is 9.15. The lowest BCUT2D eigenvalue weighted by atomic mass is 10.0. The van der Waals surface area contributed by atoms with Gasteiger partial charge in [-0.15, -0.1) is 0 Å². The summed E-state index contributed by atoms with van der Waals surface area (Å²) in [4.78, 5) is 0. The lowest BCUT2D eigenvalue weighted by Gasteiger charge is -2.06. The number of unbranched alkanes of at least 4 members (excludes halogenated alkanes) is 10. The molecule has 0 aromatic heterocycles. The molecule has 2 nitrogen and oxygen atoms in total. The zero-order valence-corrected chi connectivity index (χ0v) is 11.7. The first kappa shape index (κ1) is 16.9. The zero-order chi connectivity index (χ0) is 12.8. The highest BCUT2D eigenvalue weighted by molar-refractivity contribution is 4.53. The molecule has 0 spiro atoms. The minimum atomic E-state index is -0.492. The molecular weight excluding hydrogens is 212 g/mol. The lowest BCUT2D eigenvalue weighted by Crippen LogP contribution is -2.10. The van der Waals surface area contributed by atoms with Crippen molar-refractivity contribution < 1.29 is 10.2 Å². The number of rotatable bonds is 13. The summed E-state index contributed by atoms with van der Waals surface area (Å²) in [7, 11) is 0. The van der Waals surface area contributed by atoms with Crippen LogP contribution in [0.2, 0.25) is 0 Å². The van der Waals surface area contributed by atoms with Crippen molar-refractivity contribution in [1.29, 1.82) is 0 Å². The van der Waals surface area contributed by atoms with Gasteiger partial charge in [-0.2, -0.15) is 0 Å². The monoisotopic (exact) mass is 244 g/mol. The van der Waals surface area contributed by atoms with Crippen LogP contribution in [0.3, 0.4) is 0 Å². The minimum Gasteiger partial charge on any atom is -0.394 e. The first-order valence-corrected chi connectivity index (χ1v) is 7.60. The maximum atomic E-state index is 9.15. The molecule has 0 aliphatic carbocycles. The van der Waals surface area contributed by atoms with E-state index in [-0.39, 0.29) is 6.61 Å². The predicted octanol–water partition coefficient (Wildman–Crippen LogP) is 4.04. The van der Waals surface area contributed by atoms with Crippen LogP contribution in [0.5, 0.6) is 0 Å². The fourth-order valence-corrected chi connectivity index (χ4v) is 2.14. The van der Waals surface area contributed by atoms with Crippen LogP contribution in [0, 0.1) is 0 Å². The molecule has 0 radical (unpaired) electrons. The Morgan fingerprint density at radius 3 is 1.53 bits per heavy atom. The van der Waals surface area contributed by atoms with Gasteiger partial charge in [0.15, 0.2) is 0 Å². The van der Waals surface area contributed by atoms with Crippen LogP contribution >= 0.6 is 0 Å². The minimum absolute atomic E-state index is 0.0856. The molecule has 0 fully saturated rings. The second-order valence-electron chi connectivity index (χ2n) is 5.16. The van der Waals surface area contributed by atoms with Gasteiger partial charge in [-0.1, -0.05) is 77.6 Å². The Kier molecular flexibility index (Phi) is 13.9. The molecule has 0 aliphatic heterocycles. The summed E-state index contributed by atoms with van der Waals surface area (Å²) in [6.45, 7) is 2.17. The van der Waals surface area contributed by atoms with Crippen molar-refractivity contribution in [2.24, 2.45) is 0 Å². The number of aliphatic hydroxyl groups is 2. The molecule has 0 aromatic rings. The Morgan fingerprint density at radius 2 is 1.12 bits per heavy atom. The van der Waals surface area contributed by atoms with Crippen LogP contribution < -0.4 is 0 Å². The first-order valence-electron chi connectivity index (χ1n) is 7.60. The van der Waals surface area contributed by atoms with Crippen LogP contribution in [-0.2, 0) is 0 Å². The second-order valence-corrected chi connectivity index (χ2v) is 5.16. The topological polar surface area (TPSA) is 40.5 Å². The van der Waals surface area contributed by atoms with Crippen molar-refractivity contribution in [2.75, 3.05) is 6.61 Å². The normalized spacial score (nSPS) is 12.9. The molecular formula is C15H32O2. The Morgan fingerprint density at radius 1 is 0.706 bits per heavy atom. The zero-order valence-electron chi connectivity index (χ0n) is 11.7. The largest absolute Gasteiger partial charge is 0.394 e. The predicted molar refractivity (Wildman–Crippen MR) is 74.2 cm³/mol. The standard InChI is InChI=1S/C15H32O2/c1-2-3-4-5-6-7-8-9-10-11-12-13-15(17)14-16/h15-17H,2-14H2,1H3/t15-/m0/s1. The SMILES string of the molecule is CCCCCCCCCCCCC[C@H](O)CO. The van der Waals surface area contributed by atoms with Crippen molar-refractivity contribution in [1.82, 2.24) is 0 Å². The van der Waals surface area contributed by atoms with Crippen molar-refractivity contribution in [2.45, 2.75) is 90.1 Å². The van der Waals surface area contributed by atoms with Gasteiger partial charge < -0.3 is 10.2 Å². The van der Waals surface area contributed by atoms with Gasteiger partial charge in [0.2, 0.25) is 0 Å². The molecule has 2 heteroatoms. The molecule has 0 saturated heterocycles. The highest BCUT2D eigenvalue weighted by Gasteiger charge is 2.00. The van der Waals surface area contributed by atoms with E-state index in [1.807, 2.05) is 0 Å². The average molecular weight is 244 g/mol. The van der Waals surface area contributed by atoms with E-state index in [4.69, 9.17) is 10.2 Å². The van der Waals surface area contributed by atoms with Gasteiger partial charge in [-0.3, -0.25) is 0 Å². The Labute approximate surface area is 107 Å². The molecule has 0 aromatic carbocycles. The van der Waals surface area contributed by atoms with E-state index in [2.05, 4.69) is 6.92 Å². The Hall–Kier alpha value is -0.0800. The van der Waals surface area contributed by atoms with Crippen LogP contribution in [0.25, 0.3) is 0 Å². The van der Waals surface area contributed by atoms with E-state index in [1.54, 1.807) is 0 Å². The summed E-state index contributed by atoms with van der Waals surface area (Å²) in [5, 5.41) is 17.8. The van der Waals surface area contributed by atoms with E-state index in [1.165, 1.54) is 64.2 Å². The van der Waals surface area contributed by atoms with Gasteiger partial charge in [-0.05, 0) is 6.42 Å². The molecule has 0 saturated carbocycles. The Balaban J connectivity index is 2.94. The quantitative estimate of drug-likeness (QED) is 0.480. The average Bonchev–Trinajstić information content (AvgIpc) is 2.35. The third-order valence-corrected chi connectivity index (χ3v) is 3.35. The summed E-state index contributed by atoms with van der Waals surface area (Å²) in [5.41, 5.74) is 0. The molecule has 2 N–H and O–H groups in total. The van der Waals surface area contributed by atoms with Crippen molar-refractivity contribution in [3.05, 3.63) is 0 Å². The molecule has 0 rings (SSSR count). The third kappa shape index (κ3) is 13.9. The maximum Gasteiger partial charge on any atom is 0.0770 e. The molecule has 0 unspecified atom stereocenters. The van der Waals surface area contributed by atoms with Crippen molar-refractivity contribution in [3.8, 4) is 0 Å². The van der Waals surface area contributed by atoms with E-state index in [0.29, 0.717) is 0 Å². The fraction of sp³-hybridized carbons (Fsp3) is 1.00. The molecule has 0 aliphatic rings. The first-order chi connectivity index (χ1) is 8.31. The summed E-state index contributed by atoms with van der Waals surface area (Å²) < 4.78 is 0. The number of hydrogen-bond donors (Lipinski definition) is 2. The van der Waals surface area contributed by atoms with Crippen LogP contribution in [0.4, 0.5) is 0 Å². The fourth-order valence-electron chi connectivity index (χ4n) is 2.14.